The summed E-state index contributed by atoms with van der Waals surface area (Å²) in [6.45, 7) is 7.57. The SMILES string of the molecule is CCOC(=O)C(C)(CSc1ccc(F)cc1F)NC(C)C. The first-order valence-electron chi connectivity index (χ1n) is 6.81. The summed E-state index contributed by atoms with van der Waals surface area (Å²) in [6.07, 6.45) is 0. The van der Waals surface area contributed by atoms with E-state index in [1.807, 2.05) is 13.8 Å². The maximum atomic E-state index is 13.6. The van der Waals surface area contributed by atoms with Gasteiger partial charge < -0.3 is 4.74 Å². The summed E-state index contributed by atoms with van der Waals surface area (Å²) >= 11 is 1.15. The molecule has 0 spiro atoms. The molecule has 1 unspecified atom stereocenters. The molecule has 0 aromatic heterocycles. The second-order valence-electron chi connectivity index (χ2n) is 5.22. The molecule has 6 heteroatoms. The maximum absolute atomic E-state index is 13.6. The van der Waals surface area contributed by atoms with Crippen molar-refractivity contribution in [2.45, 2.75) is 44.2 Å². The Kier molecular flexibility index (Phi) is 6.61. The van der Waals surface area contributed by atoms with Crippen molar-refractivity contribution in [1.29, 1.82) is 0 Å². The lowest BCUT2D eigenvalue weighted by Crippen LogP contribution is -2.55. The van der Waals surface area contributed by atoms with Crippen LogP contribution in [-0.2, 0) is 9.53 Å². The summed E-state index contributed by atoms with van der Waals surface area (Å²) in [6, 6.07) is 3.47. The molecular formula is C15H21F2NO2S. The number of carbonyl (C=O) groups excluding carboxylic acids is 1. The molecule has 0 heterocycles. The lowest BCUT2D eigenvalue weighted by Gasteiger charge is -2.30. The second kappa shape index (κ2) is 7.75. The van der Waals surface area contributed by atoms with Gasteiger partial charge in [-0.05, 0) is 39.8 Å². The molecule has 21 heavy (non-hydrogen) atoms. The molecule has 118 valence electrons. The number of hydrogen-bond donors (Lipinski definition) is 1. The molecule has 0 radical (unpaired) electrons. The topological polar surface area (TPSA) is 38.3 Å². The van der Waals surface area contributed by atoms with Gasteiger partial charge in [-0.1, -0.05) is 0 Å². The third-order valence-electron chi connectivity index (χ3n) is 2.74. The number of carbonyl (C=O) groups is 1. The third kappa shape index (κ3) is 5.28. The predicted molar refractivity (Wildman–Crippen MR) is 80.4 cm³/mol. The first kappa shape index (κ1) is 17.9. The van der Waals surface area contributed by atoms with Crippen molar-refractivity contribution in [3.63, 3.8) is 0 Å². The van der Waals surface area contributed by atoms with Crippen LogP contribution >= 0.6 is 11.8 Å². The Hall–Kier alpha value is -1.14. The summed E-state index contributed by atoms with van der Waals surface area (Å²) in [7, 11) is 0. The van der Waals surface area contributed by atoms with Crippen LogP contribution in [0.4, 0.5) is 8.78 Å². The highest BCUT2D eigenvalue weighted by Crippen LogP contribution is 2.27. The van der Waals surface area contributed by atoms with Gasteiger partial charge >= 0.3 is 5.97 Å². The normalized spacial score (nSPS) is 14.0. The third-order valence-corrected chi connectivity index (χ3v) is 4.11. The van der Waals surface area contributed by atoms with E-state index in [1.165, 1.54) is 12.1 Å². The van der Waals surface area contributed by atoms with Gasteiger partial charge in [0.1, 0.15) is 17.2 Å². The first-order chi connectivity index (χ1) is 9.78. The molecule has 1 aromatic rings. The Morgan fingerprint density at radius 1 is 1.43 bits per heavy atom. The number of benzene rings is 1. The lowest BCUT2D eigenvalue weighted by molar-refractivity contribution is -0.149. The van der Waals surface area contributed by atoms with Crippen molar-refractivity contribution in [3.8, 4) is 0 Å². The minimum absolute atomic E-state index is 0.0677. The number of esters is 1. The monoisotopic (exact) mass is 317 g/mol. The van der Waals surface area contributed by atoms with Crippen LogP contribution in [0.15, 0.2) is 23.1 Å². The molecule has 1 N–H and O–H groups in total. The Labute approximate surface area is 128 Å². The van der Waals surface area contributed by atoms with Crippen LogP contribution in [-0.4, -0.2) is 29.9 Å². The van der Waals surface area contributed by atoms with E-state index >= 15 is 0 Å². The zero-order valence-electron chi connectivity index (χ0n) is 12.7. The largest absolute Gasteiger partial charge is 0.465 e. The summed E-state index contributed by atoms with van der Waals surface area (Å²) < 4.78 is 31.6. The van der Waals surface area contributed by atoms with E-state index in [0.29, 0.717) is 4.90 Å². The molecule has 3 nitrogen and oxygen atoms in total. The van der Waals surface area contributed by atoms with Crippen LogP contribution < -0.4 is 5.32 Å². The van der Waals surface area contributed by atoms with E-state index in [-0.39, 0.29) is 24.4 Å². The summed E-state index contributed by atoms with van der Waals surface area (Å²) in [4.78, 5) is 12.4. The number of hydrogen-bond acceptors (Lipinski definition) is 4. The van der Waals surface area contributed by atoms with Gasteiger partial charge in [0.25, 0.3) is 0 Å². The fourth-order valence-corrected chi connectivity index (χ4v) is 2.91. The van der Waals surface area contributed by atoms with Crippen LogP contribution in [0.2, 0.25) is 0 Å². The van der Waals surface area contributed by atoms with Gasteiger partial charge in [0.05, 0.1) is 6.61 Å². The zero-order valence-corrected chi connectivity index (χ0v) is 13.5. The Morgan fingerprint density at radius 3 is 2.62 bits per heavy atom. The number of nitrogens with one attached hydrogen (secondary N) is 1. The van der Waals surface area contributed by atoms with Gasteiger partial charge in [0.2, 0.25) is 0 Å². The Bertz CT molecular complexity index is 497. The Balaban J connectivity index is 2.83. The second-order valence-corrected chi connectivity index (χ2v) is 6.23. The Morgan fingerprint density at radius 2 is 2.10 bits per heavy atom. The molecule has 0 amide bonds. The number of rotatable bonds is 7. The van der Waals surface area contributed by atoms with Gasteiger partial charge in [-0.25, -0.2) is 8.78 Å². The smallest absolute Gasteiger partial charge is 0.326 e. The van der Waals surface area contributed by atoms with Crippen molar-refractivity contribution in [3.05, 3.63) is 29.8 Å². The van der Waals surface area contributed by atoms with E-state index < -0.39 is 17.2 Å². The first-order valence-corrected chi connectivity index (χ1v) is 7.80. The maximum Gasteiger partial charge on any atom is 0.326 e. The quantitative estimate of drug-likeness (QED) is 0.618. The highest BCUT2D eigenvalue weighted by Gasteiger charge is 2.35. The van der Waals surface area contributed by atoms with Crippen molar-refractivity contribution in [1.82, 2.24) is 5.32 Å². The van der Waals surface area contributed by atoms with E-state index in [4.69, 9.17) is 4.74 Å². The number of halogens is 2. The average Bonchev–Trinajstić information content (AvgIpc) is 2.37. The van der Waals surface area contributed by atoms with Crippen molar-refractivity contribution in [2.24, 2.45) is 0 Å². The van der Waals surface area contributed by atoms with Crippen molar-refractivity contribution in [2.75, 3.05) is 12.4 Å². The van der Waals surface area contributed by atoms with Crippen LogP contribution in [0.5, 0.6) is 0 Å². The molecular weight excluding hydrogens is 296 g/mol. The van der Waals surface area contributed by atoms with Gasteiger partial charge in [-0.2, -0.15) is 0 Å². The molecule has 0 aliphatic carbocycles. The van der Waals surface area contributed by atoms with Crippen molar-refractivity contribution < 1.29 is 18.3 Å². The molecule has 0 saturated carbocycles. The molecule has 0 aliphatic heterocycles. The van der Waals surface area contributed by atoms with Gasteiger partial charge in [0, 0.05) is 22.8 Å². The summed E-state index contributed by atoms with van der Waals surface area (Å²) in [5, 5.41) is 3.15. The standard InChI is InChI=1S/C15H21F2NO2S/c1-5-20-14(19)15(4,18-10(2)3)9-21-13-7-6-11(16)8-12(13)17/h6-8,10,18H,5,9H2,1-4H3. The van der Waals surface area contributed by atoms with Crippen LogP contribution in [0.1, 0.15) is 27.7 Å². The van der Waals surface area contributed by atoms with Crippen LogP contribution in [0, 0.1) is 11.6 Å². The molecule has 0 fully saturated rings. The minimum atomic E-state index is -0.935. The molecule has 0 bridgehead atoms. The van der Waals surface area contributed by atoms with Crippen LogP contribution in [0.25, 0.3) is 0 Å². The fourth-order valence-electron chi connectivity index (χ4n) is 1.90. The lowest BCUT2D eigenvalue weighted by atomic mass is 10.0. The number of thioether (sulfide) groups is 1. The van der Waals surface area contributed by atoms with Gasteiger partial charge in [-0.3, -0.25) is 10.1 Å². The predicted octanol–water partition coefficient (Wildman–Crippen LogP) is 3.38. The van der Waals surface area contributed by atoms with Gasteiger partial charge in [-0.15, -0.1) is 11.8 Å². The van der Waals surface area contributed by atoms with Crippen LogP contribution in [0.3, 0.4) is 0 Å². The summed E-state index contributed by atoms with van der Waals surface area (Å²) in [5.74, 6) is -1.35. The van der Waals surface area contributed by atoms with Crippen molar-refractivity contribution >= 4 is 17.7 Å². The number of ether oxygens (including phenoxy) is 1. The van der Waals surface area contributed by atoms with E-state index in [1.54, 1.807) is 13.8 Å². The van der Waals surface area contributed by atoms with E-state index in [9.17, 15) is 13.6 Å². The average molecular weight is 317 g/mol. The molecule has 0 aliphatic rings. The molecule has 1 rings (SSSR count). The highest BCUT2D eigenvalue weighted by atomic mass is 32.2. The fraction of sp³-hybridized carbons (Fsp3) is 0.533. The van der Waals surface area contributed by atoms with Gasteiger partial charge in [0.15, 0.2) is 0 Å². The van der Waals surface area contributed by atoms with E-state index in [0.717, 1.165) is 17.8 Å². The molecule has 1 aromatic carbocycles. The molecule has 1 atom stereocenters. The van der Waals surface area contributed by atoms with E-state index in [2.05, 4.69) is 5.32 Å². The summed E-state index contributed by atoms with van der Waals surface area (Å²) in [5.41, 5.74) is -0.935. The highest BCUT2D eigenvalue weighted by molar-refractivity contribution is 7.99. The zero-order chi connectivity index (χ0) is 16.0. The minimum Gasteiger partial charge on any atom is -0.465 e. The molecule has 0 saturated heterocycles.